The molecular weight excluding hydrogens is 341 g/mol. The van der Waals surface area contributed by atoms with Crippen LogP contribution in [0, 0.1) is 11.8 Å². The number of anilines is 1. The van der Waals surface area contributed by atoms with E-state index in [9.17, 15) is 5.11 Å². The number of H-pyrrole nitrogens is 1. The standard InChI is InChI=1S/C20H26BN3O3/c1-18(2)19(3,4)27-21(26-18)14-11-13(7-10-20(25)8-5-6-9-20)16-15(12-14)17(22)24-23-16/h11-12,25H,5-6,8-9H2,1-4H3,(H3,22,23,24). The van der Waals surface area contributed by atoms with E-state index in [1.54, 1.807) is 0 Å². The molecule has 4 rings (SSSR count). The van der Waals surface area contributed by atoms with Crippen LogP contribution < -0.4 is 11.2 Å². The molecule has 0 spiro atoms. The first-order valence-corrected chi connectivity index (χ1v) is 9.49. The number of rotatable bonds is 1. The summed E-state index contributed by atoms with van der Waals surface area (Å²) in [5.41, 5.74) is 6.62. The van der Waals surface area contributed by atoms with Gasteiger partial charge in [-0.2, -0.15) is 5.10 Å². The van der Waals surface area contributed by atoms with Crippen molar-refractivity contribution in [2.75, 3.05) is 5.73 Å². The lowest BCUT2D eigenvalue weighted by Gasteiger charge is -2.32. The van der Waals surface area contributed by atoms with Gasteiger partial charge in [0, 0.05) is 5.39 Å². The Balaban J connectivity index is 1.78. The minimum absolute atomic E-state index is 0.408. The van der Waals surface area contributed by atoms with Gasteiger partial charge in [-0.15, -0.1) is 0 Å². The number of fused-ring (bicyclic) bond motifs is 1. The van der Waals surface area contributed by atoms with Crippen molar-refractivity contribution in [3.8, 4) is 11.8 Å². The minimum Gasteiger partial charge on any atom is -0.399 e. The van der Waals surface area contributed by atoms with Crippen molar-refractivity contribution in [3.63, 3.8) is 0 Å². The van der Waals surface area contributed by atoms with Crippen molar-refractivity contribution in [2.24, 2.45) is 0 Å². The summed E-state index contributed by atoms with van der Waals surface area (Å²) in [6, 6.07) is 3.87. The van der Waals surface area contributed by atoms with Gasteiger partial charge in [-0.3, -0.25) is 5.10 Å². The summed E-state index contributed by atoms with van der Waals surface area (Å²) in [4.78, 5) is 0. The first-order valence-electron chi connectivity index (χ1n) is 9.49. The zero-order valence-electron chi connectivity index (χ0n) is 16.3. The number of nitrogens with one attached hydrogen (secondary N) is 1. The Bertz CT molecular complexity index is 933. The van der Waals surface area contributed by atoms with Gasteiger partial charge in [0.1, 0.15) is 5.60 Å². The van der Waals surface area contributed by atoms with E-state index in [1.807, 2.05) is 39.8 Å². The highest BCUT2D eigenvalue weighted by atomic mass is 16.7. The first-order chi connectivity index (χ1) is 12.6. The second kappa shape index (κ2) is 6.00. The molecule has 1 aromatic carbocycles. The van der Waals surface area contributed by atoms with Gasteiger partial charge in [0.25, 0.3) is 0 Å². The van der Waals surface area contributed by atoms with E-state index >= 15 is 0 Å². The van der Waals surface area contributed by atoms with E-state index in [-0.39, 0.29) is 0 Å². The minimum atomic E-state index is -0.905. The number of aromatic amines is 1. The number of nitrogen functional groups attached to an aromatic ring is 1. The average molecular weight is 367 g/mol. The third-order valence-electron chi connectivity index (χ3n) is 6.11. The van der Waals surface area contributed by atoms with Gasteiger partial charge >= 0.3 is 7.12 Å². The molecule has 1 aliphatic carbocycles. The number of aromatic nitrogens is 2. The van der Waals surface area contributed by atoms with Crippen LogP contribution in [-0.4, -0.2) is 39.2 Å². The van der Waals surface area contributed by atoms with E-state index in [4.69, 9.17) is 15.0 Å². The summed E-state index contributed by atoms with van der Waals surface area (Å²) in [6.07, 6.45) is 3.44. The van der Waals surface area contributed by atoms with Crippen molar-refractivity contribution >= 4 is 29.3 Å². The van der Waals surface area contributed by atoms with Gasteiger partial charge in [-0.25, -0.2) is 0 Å². The highest BCUT2D eigenvalue weighted by Crippen LogP contribution is 2.37. The van der Waals surface area contributed by atoms with E-state index in [0.29, 0.717) is 18.7 Å². The van der Waals surface area contributed by atoms with E-state index < -0.39 is 23.9 Å². The predicted molar refractivity (Wildman–Crippen MR) is 107 cm³/mol. The average Bonchev–Trinajstić information content (AvgIpc) is 3.24. The molecule has 142 valence electrons. The summed E-state index contributed by atoms with van der Waals surface area (Å²) in [7, 11) is -0.510. The molecule has 1 aliphatic heterocycles. The van der Waals surface area contributed by atoms with Crippen LogP contribution in [0.4, 0.5) is 5.82 Å². The Hall–Kier alpha value is -2.01. The van der Waals surface area contributed by atoms with Crippen LogP contribution in [0.1, 0.15) is 58.9 Å². The molecule has 1 saturated heterocycles. The van der Waals surface area contributed by atoms with Crippen molar-refractivity contribution in [1.82, 2.24) is 10.2 Å². The smallest absolute Gasteiger partial charge is 0.399 e. The molecular formula is C20H26BN3O3. The Morgan fingerprint density at radius 2 is 1.78 bits per heavy atom. The van der Waals surface area contributed by atoms with Crippen molar-refractivity contribution < 1.29 is 14.4 Å². The zero-order valence-corrected chi connectivity index (χ0v) is 16.3. The molecule has 2 aliphatic rings. The van der Waals surface area contributed by atoms with Gasteiger partial charge in [0.15, 0.2) is 5.82 Å². The SMILES string of the molecule is CC1(C)OB(c2cc(C#CC3(O)CCCC3)c3[nH]nc(N)c3c2)OC1(C)C. The molecule has 0 bridgehead atoms. The molecule has 27 heavy (non-hydrogen) atoms. The number of hydrogen-bond acceptors (Lipinski definition) is 5. The molecule has 0 amide bonds. The number of nitrogens with two attached hydrogens (primary N) is 1. The van der Waals surface area contributed by atoms with Gasteiger partial charge < -0.3 is 20.1 Å². The quantitative estimate of drug-likeness (QED) is 0.530. The molecule has 0 atom stereocenters. The fourth-order valence-corrected chi connectivity index (χ4v) is 3.65. The van der Waals surface area contributed by atoms with Crippen LogP contribution in [0.25, 0.3) is 10.9 Å². The van der Waals surface area contributed by atoms with Crippen molar-refractivity contribution in [1.29, 1.82) is 0 Å². The van der Waals surface area contributed by atoms with E-state index in [0.717, 1.165) is 34.8 Å². The molecule has 4 N–H and O–H groups in total. The molecule has 2 heterocycles. The Labute approximate surface area is 159 Å². The lowest BCUT2D eigenvalue weighted by Crippen LogP contribution is -2.41. The maximum absolute atomic E-state index is 10.6. The molecule has 2 aromatic rings. The maximum atomic E-state index is 10.6. The lowest BCUT2D eigenvalue weighted by molar-refractivity contribution is 0.00578. The maximum Gasteiger partial charge on any atom is 0.494 e. The fourth-order valence-electron chi connectivity index (χ4n) is 3.65. The van der Waals surface area contributed by atoms with Crippen LogP contribution >= 0.6 is 0 Å². The molecule has 7 heteroatoms. The van der Waals surface area contributed by atoms with Crippen molar-refractivity contribution in [3.05, 3.63) is 17.7 Å². The molecule has 1 saturated carbocycles. The predicted octanol–water partition coefficient (Wildman–Crippen LogP) is 2.10. The largest absolute Gasteiger partial charge is 0.494 e. The van der Waals surface area contributed by atoms with Crippen LogP contribution in [0.2, 0.25) is 0 Å². The fraction of sp³-hybridized carbons (Fsp3) is 0.550. The van der Waals surface area contributed by atoms with Gasteiger partial charge in [0.2, 0.25) is 0 Å². The van der Waals surface area contributed by atoms with Gasteiger partial charge in [0.05, 0.1) is 22.3 Å². The van der Waals surface area contributed by atoms with Gasteiger partial charge in [-0.05, 0) is 71.0 Å². The summed E-state index contributed by atoms with van der Waals surface area (Å²) in [6.45, 7) is 8.09. The third kappa shape index (κ3) is 3.12. The Morgan fingerprint density at radius 3 is 2.41 bits per heavy atom. The number of aliphatic hydroxyl groups is 1. The van der Waals surface area contributed by atoms with E-state index in [1.165, 1.54) is 0 Å². The third-order valence-corrected chi connectivity index (χ3v) is 6.11. The van der Waals surface area contributed by atoms with Crippen LogP contribution in [0.5, 0.6) is 0 Å². The van der Waals surface area contributed by atoms with Gasteiger partial charge in [-0.1, -0.05) is 11.8 Å². The molecule has 6 nitrogen and oxygen atoms in total. The zero-order chi connectivity index (χ0) is 19.4. The van der Waals surface area contributed by atoms with Crippen LogP contribution in [-0.2, 0) is 9.31 Å². The highest BCUT2D eigenvalue weighted by Gasteiger charge is 2.51. The second-order valence-electron chi connectivity index (χ2n) is 8.68. The Kier molecular flexibility index (Phi) is 4.08. The summed E-state index contributed by atoms with van der Waals surface area (Å²) in [5, 5.41) is 18.4. The molecule has 1 aromatic heterocycles. The summed E-state index contributed by atoms with van der Waals surface area (Å²) < 4.78 is 12.4. The topological polar surface area (TPSA) is 93.4 Å². The normalized spacial score (nSPS) is 22.8. The van der Waals surface area contributed by atoms with Crippen LogP contribution in [0.15, 0.2) is 12.1 Å². The number of benzene rings is 1. The number of hydrogen-bond donors (Lipinski definition) is 3. The molecule has 0 unspecified atom stereocenters. The van der Waals surface area contributed by atoms with Crippen LogP contribution in [0.3, 0.4) is 0 Å². The second-order valence-corrected chi connectivity index (χ2v) is 8.68. The summed E-state index contributed by atoms with van der Waals surface area (Å²) in [5.74, 6) is 6.62. The molecule has 0 radical (unpaired) electrons. The lowest BCUT2D eigenvalue weighted by atomic mass is 9.77. The Morgan fingerprint density at radius 1 is 1.15 bits per heavy atom. The highest BCUT2D eigenvalue weighted by molar-refractivity contribution is 6.62. The molecule has 2 fully saturated rings. The van der Waals surface area contributed by atoms with E-state index in [2.05, 4.69) is 22.0 Å². The first kappa shape index (κ1) is 18.4. The summed E-state index contributed by atoms with van der Waals surface area (Å²) >= 11 is 0. The number of nitrogens with zero attached hydrogens (tertiary/aromatic N) is 1. The monoisotopic (exact) mass is 367 g/mol. The van der Waals surface area contributed by atoms with Crippen molar-refractivity contribution in [2.45, 2.75) is 70.2 Å².